The highest BCUT2D eigenvalue weighted by atomic mass is 32.2. The normalized spacial score (nSPS) is 42.1. The molecule has 0 amide bonds. The third-order valence-corrected chi connectivity index (χ3v) is 16.5. The van der Waals surface area contributed by atoms with Crippen LogP contribution in [0.1, 0.15) is 110 Å². The van der Waals surface area contributed by atoms with Gasteiger partial charge in [0.15, 0.2) is 0 Å². The molecule has 2 aromatic rings. The summed E-state index contributed by atoms with van der Waals surface area (Å²) < 4.78 is 24.9. The number of carbonyl (C=O) groups is 1. The summed E-state index contributed by atoms with van der Waals surface area (Å²) in [5, 5.41) is 11.0. The number of allylic oxidation sites excluding steroid dienone is 2. The fraction of sp³-hybridized carbons (Fsp3) is 0.675. The molecule has 7 rings (SSSR count). The monoisotopic (exact) mass is 658 g/mol. The molecule has 1 N–H and O–H groups in total. The van der Waals surface area contributed by atoms with Gasteiger partial charge in [-0.15, -0.1) is 0 Å². The number of aliphatic carboxylic acids is 1. The molecule has 0 unspecified atom stereocenters. The molecule has 0 radical (unpaired) electrons. The van der Waals surface area contributed by atoms with Crippen LogP contribution in [-0.2, 0) is 32.9 Å². The third kappa shape index (κ3) is 4.32. The van der Waals surface area contributed by atoms with Crippen molar-refractivity contribution in [2.24, 2.45) is 50.7 Å². The summed E-state index contributed by atoms with van der Waals surface area (Å²) in [6.07, 6.45) is 13.7. The summed E-state index contributed by atoms with van der Waals surface area (Å²) in [7, 11) is -3.51. The van der Waals surface area contributed by atoms with Crippen molar-refractivity contribution >= 4 is 15.8 Å². The average molecular weight is 659 g/mol. The SMILES string of the molecule is C[C@@H]1CC[C@]2(C(=O)O)CC[C@]3(C)C(=CC[C@@H]4[C@@]5(C)Cc6cnc(S(C)(=O)=O)nc6C(C)(C)[C@@H]5CC[C@]43C)[C@@H]2[C@@]1(C)Cc1ccccc1. The number of hydrogen-bond acceptors (Lipinski definition) is 5. The molecular formula is C40H54N2O4S. The molecular weight excluding hydrogens is 605 g/mol. The number of benzene rings is 1. The van der Waals surface area contributed by atoms with E-state index < -0.39 is 21.2 Å². The van der Waals surface area contributed by atoms with E-state index in [1.165, 1.54) is 17.4 Å². The zero-order chi connectivity index (χ0) is 34.0. The highest BCUT2D eigenvalue weighted by molar-refractivity contribution is 7.90. The predicted octanol–water partition coefficient (Wildman–Crippen LogP) is 8.25. The topological polar surface area (TPSA) is 97.2 Å². The van der Waals surface area contributed by atoms with Gasteiger partial charge in [0.05, 0.1) is 11.1 Å². The number of carboxylic acids is 1. The van der Waals surface area contributed by atoms with Crippen molar-refractivity contribution in [2.75, 3.05) is 6.26 Å². The minimum Gasteiger partial charge on any atom is -0.481 e. The lowest BCUT2D eigenvalue weighted by molar-refractivity contribution is -0.188. The van der Waals surface area contributed by atoms with Crippen LogP contribution in [0.2, 0.25) is 0 Å². The summed E-state index contributed by atoms with van der Waals surface area (Å²) in [6.45, 7) is 16.9. The first-order valence-corrected chi connectivity index (χ1v) is 19.8. The number of sulfone groups is 1. The van der Waals surface area contributed by atoms with Gasteiger partial charge in [-0.25, -0.2) is 18.4 Å². The summed E-state index contributed by atoms with van der Waals surface area (Å²) in [5.41, 5.74) is 3.38. The predicted molar refractivity (Wildman–Crippen MR) is 185 cm³/mol. The van der Waals surface area contributed by atoms with Crippen molar-refractivity contribution in [2.45, 2.75) is 117 Å². The van der Waals surface area contributed by atoms with Crippen molar-refractivity contribution in [1.29, 1.82) is 0 Å². The zero-order valence-corrected chi connectivity index (χ0v) is 30.5. The van der Waals surface area contributed by atoms with E-state index in [1.807, 2.05) is 0 Å². The maximum Gasteiger partial charge on any atom is 0.310 e. The first-order valence-electron chi connectivity index (χ1n) is 17.9. The standard InChI is InChI=1S/C40H54N2O4S/c1-25-16-19-40(33(43)44)21-20-38(6)28(31(40)36(25,4)22-26-12-10-9-11-13-26)14-15-30-37(5)23-27-24-41-34(47(8,45)46)42-32(27)35(2,3)29(37)17-18-39(30,38)7/h9-14,24-25,29-31H,15-23H2,1-8H3,(H,43,44)/t25-,29+,30-,31-,36+,37+,38-,39-,40+/m1/s1. The molecule has 9 atom stereocenters. The van der Waals surface area contributed by atoms with Crippen LogP contribution in [0.4, 0.5) is 0 Å². The van der Waals surface area contributed by atoms with Crippen molar-refractivity contribution in [1.82, 2.24) is 9.97 Å². The molecule has 254 valence electrons. The summed E-state index contributed by atoms with van der Waals surface area (Å²) >= 11 is 0. The lowest BCUT2D eigenvalue weighted by atomic mass is 9.32. The number of carboxylic acid groups (broad SMARTS) is 1. The largest absolute Gasteiger partial charge is 0.481 e. The fourth-order valence-electron chi connectivity index (χ4n) is 12.9. The van der Waals surface area contributed by atoms with Crippen molar-refractivity contribution in [3.05, 3.63) is 65.0 Å². The van der Waals surface area contributed by atoms with Gasteiger partial charge in [0, 0.05) is 23.8 Å². The number of aromatic nitrogens is 2. The van der Waals surface area contributed by atoms with Gasteiger partial charge in [0.2, 0.25) is 15.0 Å². The molecule has 7 heteroatoms. The Balaban J connectivity index is 1.36. The molecule has 0 saturated heterocycles. The second kappa shape index (κ2) is 10.2. The Morgan fingerprint density at radius 2 is 1.66 bits per heavy atom. The van der Waals surface area contributed by atoms with Crippen LogP contribution in [0.15, 0.2) is 53.3 Å². The van der Waals surface area contributed by atoms with Crippen molar-refractivity contribution < 1.29 is 18.3 Å². The van der Waals surface area contributed by atoms with E-state index in [0.29, 0.717) is 17.8 Å². The highest BCUT2D eigenvalue weighted by Gasteiger charge is 2.71. The molecule has 0 bridgehead atoms. The van der Waals surface area contributed by atoms with Gasteiger partial charge >= 0.3 is 5.97 Å². The fourth-order valence-corrected chi connectivity index (χ4v) is 13.4. The number of nitrogens with zero attached hydrogens (tertiary/aromatic N) is 2. The lowest BCUT2D eigenvalue weighted by Crippen LogP contribution is -2.66. The highest BCUT2D eigenvalue weighted by Crippen LogP contribution is 2.76. The first kappa shape index (κ1) is 33.0. The van der Waals surface area contributed by atoms with E-state index in [4.69, 9.17) is 4.98 Å². The number of fused-ring (bicyclic) bond motifs is 8. The smallest absolute Gasteiger partial charge is 0.310 e. The lowest BCUT2D eigenvalue weighted by Gasteiger charge is -2.71. The Bertz CT molecular complexity index is 1770. The van der Waals surface area contributed by atoms with E-state index in [1.54, 1.807) is 6.20 Å². The molecule has 6 nitrogen and oxygen atoms in total. The Kier molecular flexibility index (Phi) is 7.19. The Labute approximate surface area is 282 Å². The molecule has 1 heterocycles. The Hall–Kier alpha value is -2.54. The second-order valence-corrected chi connectivity index (χ2v) is 19.9. The number of rotatable bonds is 4. The quantitative estimate of drug-likeness (QED) is 0.263. The van der Waals surface area contributed by atoms with Gasteiger partial charge in [0.25, 0.3) is 0 Å². The molecule has 0 aliphatic heterocycles. The third-order valence-electron chi connectivity index (χ3n) is 15.6. The summed E-state index contributed by atoms with van der Waals surface area (Å²) in [4.78, 5) is 22.6. The Morgan fingerprint density at radius 3 is 2.32 bits per heavy atom. The van der Waals surface area contributed by atoms with Crippen LogP contribution in [0.5, 0.6) is 0 Å². The Morgan fingerprint density at radius 1 is 0.957 bits per heavy atom. The van der Waals surface area contributed by atoms with Gasteiger partial charge in [-0.05, 0) is 108 Å². The van der Waals surface area contributed by atoms with E-state index in [2.05, 4.69) is 89.9 Å². The molecule has 3 fully saturated rings. The van der Waals surface area contributed by atoms with Gasteiger partial charge < -0.3 is 5.11 Å². The maximum atomic E-state index is 13.5. The van der Waals surface area contributed by atoms with Gasteiger partial charge in [0.1, 0.15) is 0 Å². The maximum absolute atomic E-state index is 13.5. The molecule has 47 heavy (non-hydrogen) atoms. The zero-order valence-electron chi connectivity index (χ0n) is 29.7. The molecule has 1 aromatic carbocycles. The van der Waals surface area contributed by atoms with Crippen LogP contribution in [0.3, 0.4) is 0 Å². The summed E-state index contributed by atoms with van der Waals surface area (Å²) in [6, 6.07) is 10.7. The second-order valence-electron chi connectivity index (χ2n) is 18.0. The molecule has 3 saturated carbocycles. The number of hydrogen-bond donors (Lipinski definition) is 1. The van der Waals surface area contributed by atoms with Gasteiger partial charge in [-0.1, -0.05) is 90.4 Å². The minimum atomic E-state index is -3.51. The average Bonchev–Trinajstić information content (AvgIpc) is 2.99. The molecule has 1 aromatic heterocycles. The summed E-state index contributed by atoms with van der Waals surface area (Å²) in [5.74, 6) is 0.558. The van der Waals surface area contributed by atoms with E-state index in [9.17, 15) is 18.3 Å². The van der Waals surface area contributed by atoms with Crippen LogP contribution in [-0.4, -0.2) is 35.7 Å². The van der Waals surface area contributed by atoms with Gasteiger partial charge in [-0.3, -0.25) is 4.79 Å². The van der Waals surface area contributed by atoms with Crippen LogP contribution < -0.4 is 0 Å². The van der Waals surface area contributed by atoms with E-state index in [0.717, 1.165) is 69.0 Å². The van der Waals surface area contributed by atoms with E-state index in [-0.39, 0.29) is 38.1 Å². The van der Waals surface area contributed by atoms with Crippen LogP contribution >= 0.6 is 0 Å². The minimum absolute atomic E-state index is 0.00246. The molecule has 0 spiro atoms. The van der Waals surface area contributed by atoms with E-state index >= 15 is 0 Å². The van der Waals surface area contributed by atoms with Gasteiger partial charge in [-0.2, -0.15) is 0 Å². The van der Waals surface area contributed by atoms with Crippen LogP contribution in [0, 0.1) is 50.7 Å². The first-order chi connectivity index (χ1) is 21.8. The van der Waals surface area contributed by atoms with Crippen molar-refractivity contribution in [3.8, 4) is 0 Å². The van der Waals surface area contributed by atoms with Crippen molar-refractivity contribution in [3.63, 3.8) is 0 Å². The van der Waals surface area contributed by atoms with Crippen LogP contribution in [0.25, 0.3) is 0 Å². The molecule has 5 aliphatic carbocycles. The molecule has 5 aliphatic rings.